The quantitative estimate of drug-likeness (QED) is 0.0967. The highest BCUT2D eigenvalue weighted by Crippen LogP contribution is 2.80. The van der Waals surface area contributed by atoms with E-state index in [2.05, 4.69) is 47.6 Å². The summed E-state index contributed by atoms with van der Waals surface area (Å²) in [6, 6.07) is 0. The lowest BCUT2D eigenvalue weighted by Gasteiger charge is -2.70. The van der Waals surface area contributed by atoms with Gasteiger partial charge in [0.1, 0.15) is 79.4 Å². The molecule has 0 aromatic heterocycles. The number of hydrogen-bond acceptors (Lipinski definition) is 21. The van der Waals surface area contributed by atoms with Crippen LogP contribution in [0.3, 0.4) is 0 Å². The standard InChI is InChI=1S/C52H84O21/c1-22(2)15-24-16-50(8,63)42-25-9-10-30-48(6)13-12-31(47(4,5)29(48)11-14-49(30,7)51(25)20-52(42,73-24)66-21-51)69-45-41(72-44-38(62)35(59)32(56)23(3)67-44)39(27(55)19-65-45)70-46-40(36(60)34(58)28(17-53)68-46)71-43-37(61)33(57)26(54)18-64-43/h15,23-46,53-63H,9-14,16-21H2,1-8H3/t23-,24-,25-,26-,27+,28-,29-,30-,31+,32+,33+,34-,35+,36+,37-,38-,39+,40-,41-,42+,43+,44+,45+,46+,48+,49-,50+,51+,52+/m1/s1. The molecule has 10 rings (SSSR count). The van der Waals surface area contributed by atoms with E-state index in [1.807, 2.05) is 6.92 Å². The lowest BCUT2D eigenvalue weighted by atomic mass is 9.35. The summed E-state index contributed by atoms with van der Waals surface area (Å²) >= 11 is 0. The lowest BCUT2D eigenvalue weighted by molar-refractivity contribution is -0.399. The Kier molecular flexibility index (Phi) is 14.8. The van der Waals surface area contributed by atoms with Crippen LogP contribution in [-0.4, -0.2) is 217 Å². The van der Waals surface area contributed by atoms with Gasteiger partial charge in [-0.15, -0.1) is 0 Å². The second-order valence-electron chi connectivity index (χ2n) is 25.3. The van der Waals surface area contributed by atoms with Gasteiger partial charge in [0, 0.05) is 24.2 Å². The largest absolute Gasteiger partial charge is 0.394 e. The van der Waals surface area contributed by atoms with E-state index in [1.165, 1.54) is 6.92 Å². The maximum absolute atomic E-state index is 12.3. The zero-order valence-electron chi connectivity index (χ0n) is 43.4. The van der Waals surface area contributed by atoms with Crippen molar-refractivity contribution in [2.24, 2.45) is 45.3 Å². The summed E-state index contributed by atoms with van der Waals surface area (Å²) in [6.07, 6.45) is -20.8. The van der Waals surface area contributed by atoms with Gasteiger partial charge < -0.3 is 104 Å². The molecule has 29 atom stereocenters. The number of fused-ring (bicyclic) bond motifs is 4. The normalized spacial score (nSPS) is 57.5. The summed E-state index contributed by atoms with van der Waals surface area (Å²) in [5.74, 6) is -0.230. The van der Waals surface area contributed by atoms with Gasteiger partial charge in [-0.3, -0.25) is 0 Å². The van der Waals surface area contributed by atoms with E-state index in [1.54, 1.807) is 0 Å². The minimum absolute atomic E-state index is 0.108. The van der Waals surface area contributed by atoms with Crippen LogP contribution in [0.15, 0.2) is 11.6 Å². The number of ether oxygens (including phenoxy) is 10. The van der Waals surface area contributed by atoms with Crippen molar-refractivity contribution in [3.8, 4) is 0 Å². The number of aliphatic hydroxyl groups excluding tert-OH is 10. The Labute approximate surface area is 426 Å². The smallest absolute Gasteiger partial charge is 0.187 e. The minimum Gasteiger partial charge on any atom is -0.394 e. The Balaban J connectivity index is 0.919. The van der Waals surface area contributed by atoms with Crippen LogP contribution in [0.25, 0.3) is 0 Å². The van der Waals surface area contributed by atoms with Crippen LogP contribution < -0.4 is 0 Å². The summed E-state index contributed by atoms with van der Waals surface area (Å²) in [6.45, 7) is 15.9. The van der Waals surface area contributed by atoms with Crippen LogP contribution in [0, 0.1) is 45.3 Å². The molecule has 0 aromatic rings. The molecule has 4 saturated carbocycles. The number of allylic oxidation sites excluding steroid dienone is 1. The molecule has 21 nitrogen and oxygen atoms in total. The number of rotatable bonds is 10. The Hall–Kier alpha value is -1.10. The Morgan fingerprint density at radius 2 is 1.32 bits per heavy atom. The van der Waals surface area contributed by atoms with E-state index in [9.17, 15) is 56.2 Å². The van der Waals surface area contributed by atoms with E-state index in [4.69, 9.17) is 47.4 Å². The van der Waals surface area contributed by atoms with Crippen molar-refractivity contribution in [3.63, 3.8) is 0 Å². The van der Waals surface area contributed by atoms with Gasteiger partial charge in [0.25, 0.3) is 0 Å². The molecule has 418 valence electrons. The Morgan fingerprint density at radius 1 is 0.644 bits per heavy atom. The summed E-state index contributed by atoms with van der Waals surface area (Å²) in [5, 5.41) is 121. The fourth-order valence-corrected chi connectivity index (χ4v) is 16.9. The predicted octanol–water partition coefficient (Wildman–Crippen LogP) is -0.542. The lowest BCUT2D eigenvalue weighted by Crippen LogP contribution is -2.68. The molecule has 11 N–H and O–H groups in total. The fraction of sp³-hybridized carbons (Fsp3) is 0.962. The van der Waals surface area contributed by atoms with Gasteiger partial charge in [-0.25, -0.2) is 0 Å². The number of aliphatic hydroxyl groups is 11. The zero-order valence-corrected chi connectivity index (χ0v) is 43.4. The minimum atomic E-state index is -1.87. The third-order valence-electron chi connectivity index (χ3n) is 20.4. The van der Waals surface area contributed by atoms with Gasteiger partial charge in [-0.05, 0) is 100 Å². The first-order valence-electron chi connectivity index (χ1n) is 26.8. The summed E-state index contributed by atoms with van der Waals surface area (Å²) < 4.78 is 63.4. The molecule has 4 aliphatic carbocycles. The average Bonchev–Trinajstić information content (AvgIpc) is 3.85. The third kappa shape index (κ3) is 8.77. The van der Waals surface area contributed by atoms with E-state index in [0.29, 0.717) is 25.4 Å². The molecule has 0 radical (unpaired) electrons. The van der Waals surface area contributed by atoms with Crippen molar-refractivity contribution in [3.05, 3.63) is 11.6 Å². The first kappa shape index (κ1) is 55.2. The molecule has 21 heteroatoms. The maximum atomic E-state index is 12.3. The van der Waals surface area contributed by atoms with Crippen LogP contribution in [-0.2, 0) is 47.4 Å². The van der Waals surface area contributed by atoms with Crippen molar-refractivity contribution in [1.29, 1.82) is 0 Å². The SMILES string of the molecule is CC(C)=C[C@@H]1C[C@](C)(O)[C@@H]2[C@H]3CC[C@@H]4[C@@]5(C)CC[C@H](O[C@@H]6OC[C@H](O)[C@H](O[C@@H]7O[C@H](CO)[C@@H](O)[C@H](O)[C@H]7O[C@@H]7OC[C@@H](O)[C@H](O)[C@H]7O)[C@H]6O[C@@H]6O[C@H](C)[C@H](O)[C@H](O)[C@H]6O)C(C)(C)[C@H]5CC[C@@]4(C)[C@@]34CO[C@@]2(C4)O1. The maximum Gasteiger partial charge on any atom is 0.187 e. The van der Waals surface area contributed by atoms with Crippen LogP contribution >= 0.6 is 0 Å². The van der Waals surface area contributed by atoms with Crippen molar-refractivity contribution < 1.29 is 104 Å². The van der Waals surface area contributed by atoms with Gasteiger partial charge in [0.2, 0.25) is 0 Å². The Morgan fingerprint density at radius 3 is 2.03 bits per heavy atom. The van der Waals surface area contributed by atoms with Gasteiger partial charge >= 0.3 is 0 Å². The van der Waals surface area contributed by atoms with Gasteiger partial charge in [0.15, 0.2) is 30.9 Å². The Bertz CT molecular complexity index is 2010. The van der Waals surface area contributed by atoms with E-state index in [-0.39, 0.29) is 46.7 Å². The predicted molar refractivity (Wildman–Crippen MR) is 250 cm³/mol. The molecule has 0 aromatic carbocycles. The molecular weight excluding hydrogens is 961 g/mol. The molecule has 6 heterocycles. The highest BCUT2D eigenvalue weighted by Gasteiger charge is 2.81. The monoisotopic (exact) mass is 1040 g/mol. The molecular formula is C52H84O21. The van der Waals surface area contributed by atoms with Crippen LogP contribution in [0.4, 0.5) is 0 Å². The molecule has 10 aliphatic rings. The molecule has 6 saturated heterocycles. The average molecular weight is 1050 g/mol. The molecule has 73 heavy (non-hydrogen) atoms. The second-order valence-corrected chi connectivity index (χ2v) is 25.3. The van der Waals surface area contributed by atoms with Gasteiger partial charge in [0.05, 0.1) is 50.3 Å². The summed E-state index contributed by atoms with van der Waals surface area (Å²) in [7, 11) is 0. The summed E-state index contributed by atoms with van der Waals surface area (Å²) in [4.78, 5) is 0. The first-order chi connectivity index (χ1) is 34.2. The van der Waals surface area contributed by atoms with Crippen LogP contribution in [0.1, 0.15) is 107 Å². The van der Waals surface area contributed by atoms with Gasteiger partial charge in [-0.2, -0.15) is 0 Å². The summed E-state index contributed by atoms with van der Waals surface area (Å²) in [5.41, 5.74) is -0.717. The third-order valence-corrected chi connectivity index (χ3v) is 20.4. The molecule has 0 unspecified atom stereocenters. The zero-order chi connectivity index (χ0) is 52.7. The molecule has 10 fully saturated rings. The topological polar surface area (TPSA) is 315 Å². The van der Waals surface area contributed by atoms with E-state index < -0.39 is 147 Å². The van der Waals surface area contributed by atoms with Crippen molar-refractivity contribution >= 4 is 0 Å². The van der Waals surface area contributed by atoms with Gasteiger partial charge in [-0.1, -0.05) is 39.3 Å². The van der Waals surface area contributed by atoms with E-state index in [0.717, 1.165) is 44.1 Å². The number of hydrogen-bond donors (Lipinski definition) is 11. The second kappa shape index (κ2) is 19.6. The van der Waals surface area contributed by atoms with Crippen molar-refractivity contribution in [2.45, 2.75) is 241 Å². The van der Waals surface area contributed by atoms with Crippen LogP contribution in [0.5, 0.6) is 0 Å². The fourth-order valence-electron chi connectivity index (χ4n) is 16.9. The molecule has 2 bridgehead atoms. The highest BCUT2D eigenvalue weighted by molar-refractivity contribution is 5.27. The molecule has 6 aliphatic heterocycles. The molecule has 2 spiro atoms. The van der Waals surface area contributed by atoms with Crippen LogP contribution in [0.2, 0.25) is 0 Å². The highest BCUT2D eigenvalue weighted by atomic mass is 16.8. The molecule has 0 amide bonds. The van der Waals surface area contributed by atoms with Crippen molar-refractivity contribution in [2.75, 3.05) is 26.4 Å². The first-order valence-corrected chi connectivity index (χ1v) is 26.8. The van der Waals surface area contributed by atoms with E-state index >= 15 is 0 Å². The van der Waals surface area contributed by atoms with Crippen molar-refractivity contribution in [1.82, 2.24) is 0 Å².